The number of carbonyl (C=O) groups is 1. The zero-order valence-corrected chi connectivity index (χ0v) is 14.0. The molecule has 0 bridgehead atoms. The summed E-state index contributed by atoms with van der Waals surface area (Å²) in [5.41, 5.74) is 2.49. The lowest BCUT2D eigenvalue weighted by atomic mass is 9.98. The highest BCUT2D eigenvalue weighted by atomic mass is 16.5. The number of aryl methyl sites for hydroxylation is 2. The van der Waals surface area contributed by atoms with Crippen LogP contribution in [0.4, 0.5) is 0 Å². The average molecular weight is 339 g/mol. The Labute approximate surface area is 143 Å². The van der Waals surface area contributed by atoms with Crippen molar-refractivity contribution in [2.45, 2.75) is 26.2 Å². The topological polar surface area (TPSA) is 98.2 Å². The van der Waals surface area contributed by atoms with Crippen LogP contribution in [-0.2, 0) is 11.2 Å². The van der Waals surface area contributed by atoms with Gasteiger partial charge in [0, 0.05) is 36.6 Å². The van der Waals surface area contributed by atoms with Crippen molar-refractivity contribution in [2.24, 2.45) is 0 Å². The third kappa shape index (κ3) is 2.90. The smallest absolute Gasteiger partial charge is 0.233 e. The van der Waals surface area contributed by atoms with Crippen LogP contribution in [0.3, 0.4) is 0 Å². The van der Waals surface area contributed by atoms with E-state index in [4.69, 9.17) is 9.05 Å². The third-order valence-electron chi connectivity index (χ3n) is 4.47. The molecule has 1 amide bonds. The van der Waals surface area contributed by atoms with Gasteiger partial charge in [-0.1, -0.05) is 10.3 Å². The quantitative estimate of drug-likeness (QED) is 0.716. The van der Waals surface area contributed by atoms with E-state index in [1.165, 1.54) is 0 Å². The number of likely N-dealkylation sites (tertiary alicyclic amines) is 1. The fourth-order valence-corrected chi connectivity index (χ4v) is 2.87. The van der Waals surface area contributed by atoms with Crippen LogP contribution >= 0.6 is 0 Å². The second kappa shape index (κ2) is 6.12. The normalized spacial score (nSPS) is 14.6. The Bertz CT molecular complexity index is 877. The third-order valence-corrected chi connectivity index (χ3v) is 4.47. The van der Waals surface area contributed by atoms with Crippen molar-refractivity contribution in [2.75, 3.05) is 13.1 Å². The SMILES string of the molecule is Cc1noc(C)c1CC(=O)N1CC(c2nc(-c3ccncc3)no2)C1. The second-order valence-electron chi connectivity index (χ2n) is 6.17. The highest BCUT2D eigenvalue weighted by molar-refractivity contribution is 5.80. The molecule has 0 radical (unpaired) electrons. The van der Waals surface area contributed by atoms with Crippen LogP contribution in [0.25, 0.3) is 11.4 Å². The monoisotopic (exact) mass is 339 g/mol. The van der Waals surface area contributed by atoms with Gasteiger partial charge in [0.2, 0.25) is 17.6 Å². The molecule has 25 heavy (non-hydrogen) atoms. The van der Waals surface area contributed by atoms with Crippen molar-refractivity contribution < 1.29 is 13.8 Å². The summed E-state index contributed by atoms with van der Waals surface area (Å²) in [6.07, 6.45) is 3.67. The lowest BCUT2D eigenvalue weighted by molar-refractivity contribution is -0.135. The molecule has 0 saturated carbocycles. The minimum Gasteiger partial charge on any atom is -0.361 e. The standard InChI is InChI=1S/C17H17N5O3/c1-10-14(11(2)24-20-10)7-15(23)22-8-13(9-22)17-19-16(21-25-17)12-3-5-18-6-4-12/h3-6,13H,7-9H2,1-2H3. The van der Waals surface area contributed by atoms with Gasteiger partial charge in [-0.3, -0.25) is 9.78 Å². The molecule has 0 aromatic carbocycles. The largest absolute Gasteiger partial charge is 0.361 e. The molecule has 1 aliphatic heterocycles. The Morgan fingerprint density at radius 2 is 1.96 bits per heavy atom. The summed E-state index contributed by atoms with van der Waals surface area (Å²) in [5, 5.41) is 7.89. The van der Waals surface area contributed by atoms with E-state index in [0.717, 1.165) is 16.8 Å². The molecule has 0 unspecified atom stereocenters. The van der Waals surface area contributed by atoms with Gasteiger partial charge in [0.1, 0.15) is 5.76 Å². The Kier molecular flexibility index (Phi) is 3.79. The summed E-state index contributed by atoms with van der Waals surface area (Å²) in [5.74, 6) is 1.93. The molecule has 0 spiro atoms. The van der Waals surface area contributed by atoms with Crippen molar-refractivity contribution >= 4 is 5.91 Å². The van der Waals surface area contributed by atoms with Crippen LogP contribution in [0.2, 0.25) is 0 Å². The molecule has 1 aliphatic rings. The Morgan fingerprint density at radius 1 is 1.20 bits per heavy atom. The van der Waals surface area contributed by atoms with E-state index in [1.807, 2.05) is 26.0 Å². The molecule has 1 saturated heterocycles. The lowest BCUT2D eigenvalue weighted by Crippen LogP contribution is -2.49. The number of hydrogen-bond acceptors (Lipinski definition) is 7. The summed E-state index contributed by atoms with van der Waals surface area (Å²) in [7, 11) is 0. The first kappa shape index (κ1) is 15.5. The maximum absolute atomic E-state index is 12.4. The molecule has 4 rings (SSSR count). The van der Waals surface area contributed by atoms with Gasteiger partial charge in [0.05, 0.1) is 18.0 Å². The highest BCUT2D eigenvalue weighted by Gasteiger charge is 2.36. The van der Waals surface area contributed by atoms with Crippen molar-refractivity contribution in [1.29, 1.82) is 0 Å². The van der Waals surface area contributed by atoms with E-state index in [2.05, 4.69) is 20.3 Å². The van der Waals surface area contributed by atoms with Crippen LogP contribution in [0.15, 0.2) is 33.6 Å². The molecule has 3 aromatic heterocycles. The number of aromatic nitrogens is 4. The van der Waals surface area contributed by atoms with Crippen LogP contribution < -0.4 is 0 Å². The van der Waals surface area contributed by atoms with Gasteiger partial charge >= 0.3 is 0 Å². The van der Waals surface area contributed by atoms with Crippen LogP contribution in [0, 0.1) is 13.8 Å². The number of nitrogens with zero attached hydrogens (tertiary/aromatic N) is 5. The second-order valence-corrected chi connectivity index (χ2v) is 6.17. The summed E-state index contributed by atoms with van der Waals surface area (Å²) in [6, 6.07) is 3.66. The maximum Gasteiger partial charge on any atom is 0.233 e. The Hall–Kier alpha value is -3.03. The molecule has 8 heteroatoms. The average Bonchev–Trinajstić information content (AvgIpc) is 3.17. The van der Waals surface area contributed by atoms with E-state index in [-0.39, 0.29) is 11.8 Å². The van der Waals surface area contributed by atoms with Crippen molar-refractivity contribution in [3.05, 3.63) is 47.4 Å². The van der Waals surface area contributed by atoms with E-state index in [9.17, 15) is 4.79 Å². The first-order chi connectivity index (χ1) is 12.1. The Balaban J connectivity index is 1.38. The van der Waals surface area contributed by atoms with Gasteiger partial charge in [-0.2, -0.15) is 4.98 Å². The van der Waals surface area contributed by atoms with Gasteiger partial charge in [-0.25, -0.2) is 0 Å². The summed E-state index contributed by atoms with van der Waals surface area (Å²) in [6.45, 7) is 4.83. The predicted molar refractivity (Wildman–Crippen MR) is 86.5 cm³/mol. The first-order valence-corrected chi connectivity index (χ1v) is 8.05. The molecule has 0 N–H and O–H groups in total. The molecular weight excluding hydrogens is 322 g/mol. The number of rotatable bonds is 4. The van der Waals surface area contributed by atoms with E-state index in [0.29, 0.717) is 37.0 Å². The zero-order chi connectivity index (χ0) is 17.4. The van der Waals surface area contributed by atoms with Crippen molar-refractivity contribution in [1.82, 2.24) is 25.2 Å². The van der Waals surface area contributed by atoms with E-state index >= 15 is 0 Å². The van der Waals surface area contributed by atoms with Crippen LogP contribution in [0.1, 0.15) is 28.8 Å². The zero-order valence-electron chi connectivity index (χ0n) is 14.0. The van der Waals surface area contributed by atoms with E-state index < -0.39 is 0 Å². The number of hydrogen-bond donors (Lipinski definition) is 0. The fourth-order valence-electron chi connectivity index (χ4n) is 2.87. The van der Waals surface area contributed by atoms with Crippen molar-refractivity contribution in [3.63, 3.8) is 0 Å². The molecule has 8 nitrogen and oxygen atoms in total. The lowest BCUT2D eigenvalue weighted by Gasteiger charge is -2.37. The molecule has 4 heterocycles. The summed E-state index contributed by atoms with van der Waals surface area (Å²) in [4.78, 5) is 22.6. The van der Waals surface area contributed by atoms with Gasteiger partial charge in [0.15, 0.2) is 0 Å². The molecule has 3 aromatic rings. The number of amides is 1. The summed E-state index contributed by atoms with van der Waals surface area (Å²) < 4.78 is 10.5. The minimum absolute atomic E-state index is 0.0551. The van der Waals surface area contributed by atoms with E-state index in [1.54, 1.807) is 17.3 Å². The molecule has 1 fully saturated rings. The summed E-state index contributed by atoms with van der Waals surface area (Å²) >= 11 is 0. The Morgan fingerprint density at radius 3 is 2.64 bits per heavy atom. The van der Waals surface area contributed by atoms with Gasteiger partial charge in [-0.05, 0) is 26.0 Å². The van der Waals surface area contributed by atoms with Gasteiger partial charge in [-0.15, -0.1) is 0 Å². The van der Waals surface area contributed by atoms with Crippen LogP contribution in [0.5, 0.6) is 0 Å². The first-order valence-electron chi connectivity index (χ1n) is 8.05. The van der Waals surface area contributed by atoms with Gasteiger partial charge in [0.25, 0.3) is 0 Å². The highest BCUT2D eigenvalue weighted by Crippen LogP contribution is 2.28. The number of carbonyl (C=O) groups excluding carboxylic acids is 1. The minimum atomic E-state index is 0.0551. The number of pyridine rings is 1. The fraction of sp³-hybridized carbons (Fsp3) is 0.353. The van der Waals surface area contributed by atoms with Crippen LogP contribution in [-0.4, -0.2) is 44.2 Å². The molecule has 0 atom stereocenters. The maximum atomic E-state index is 12.4. The van der Waals surface area contributed by atoms with Crippen molar-refractivity contribution in [3.8, 4) is 11.4 Å². The van der Waals surface area contributed by atoms with Gasteiger partial charge < -0.3 is 13.9 Å². The molecule has 128 valence electrons. The predicted octanol–water partition coefficient (Wildman–Crippen LogP) is 1.90. The molecule has 0 aliphatic carbocycles. The molecular formula is C17H17N5O3.